The summed E-state index contributed by atoms with van der Waals surface area (Å²) in [5, 5.41) is 0.883. The van der Waals surface area contributed by atoms with Crippen molar-refractivity contribution < 1.29 is 4.74 Å². The number of nitrogens with two attached hydrogens (primary N) is 2. The minimum Gasteiger partial charge on any atom is -0.457 e. The summed E-state index contributed by atoms with van der Waals surface area (Å²) in [5.41, 5.74) is 14.9. The minimum absolute atomic E-state index is 0.675. The monoisotopic (exact) mass is 333 g/mol. The average molecular weight is 333 g/mol. The Balaban J connectivity index is 1.79. The predicted octanol–water partition coefficient (Wildman–Crippen LogP) is 4.92. The molecule has 4 N–H and O–H groups in total. The normalized spacial score (nSPS) is 10.8. The number of fused-ring (bicyclic) bond motifs is 1. The number of nitrogens with zero attached hydrogens (tertiary/aromatic N) is 1. The van der Waals surface area contributed by atoms with Crippen molar-refractivity contribution in [2.24, 2.45) is 0 Å². The molecule has 0 atom stereocenters. The topological polar surface area (TPSA) is 74.2 Å². The molecule has 24 heavy (non-hydrogen) atoms. The SMILES string of the molecule is Nc1ccc(Oc2ccc(N)cc2-c2nc3ccccc3s2)cc1. The van der Waals surface area contributed by atoms with Gasteiger partial charge < -0.3 is 16.2 Å². The van der Waals surface area contributed by atoms with Crippen molar-refractivity contribution in [1.29, 1.82) is 0 Å². The third kappa shape index (κ3) is 2.77. The van der Waals surface area contributed by atoms with E-state index in [1.54, 1.807) is 11.3 Å². The van der Waals surface area contributed by atoms with Gasteiger partial charge in [-0.25, -0.2) is 4.98 Å². The molecule has 0 aliphatic rings. The van der Waals surface area contributed by atoms with Crippen LogP contribution in [0, 0.1) is 0 Å². The second-order valence-electron chi connectivity index (χ2n) is 5.41. The first-order valence-corrected chi connectivity index (χ1v) is 8.29. The first kappa shape index (κ1) is 14.5. The molecule has 0 unspecified atom stereocenters. The fourth-order valence-electron chi connectivity index (χ4n) is 2.45. The Bertz CT molecular complexity index is 976. The number of aromatic nitrogens is 1. The number of thiazole rings is 1. The lowest BCUT2D eigenvalue weighted by molar-refractivity contribution is 0.484. The highest BCUT2D eigenvalue weighted by molar-refractivity contribution is 7.21. The highest BCUT2D eigenvalue weighted by Gasteiger charge is 2.13. The summed E-state index contributed by atoms with van der Waals surface area (Å²) in [6, 6.07) is 20.9. The van der Waals surface area contributed by atoms with Gasteiger partial charge in [-0.15, -0.1) is 11.3 Å². The van der Waals surface area contributed by atoms with E-state index in [0.29, 0.717) is 17.1 Å². The molecular formula is C19H15N3OS. The zero-order chi connectivity index (χ0) is 16.5. The molecule has 1 heterocycles. The van der Waals surface area contributed by atoms with E-state index in [1.165, 1.54) is 0 Å². The number of benzene rings is 3. The quantitative estimate of drug-likeness (QED) is 0.522. The lowest BCUT2D eigenvalue weighted by Crippen LogP contribution is -1.92. The lowest BCUT2D eigenvalue weighted by atomic mass is 10.2. The van der Waals surface area contributed by atoms with Crippen LogP contribution in [0.2, 0.25) is 0 Å². The predicted molar refractivity (Wildman–Crippen MR) is 100 cm³/mol. The number of ether oxygens (including phenoxy) is 1. The van der Waals surface area contributed by atoms with Gasteiger partial charge in [-0.2, -0.15) is 0 Å². The second kappa shape index (κ2) is 5.86. The molecule has 0 spiro atoms. The van der Waals surface area contributed by atoms with E-state index in [-0.39, 0.29) is 0 Å². The molecule has 4 nitrogen and oxygen atoms in total. The van der Waals surface area contributed by atoms with Crippen LogP contribution in [0.4, 0.5) is 11.4 Å². The van der Waals surface area contributed by atoms with Crippen LogP contribution in [0.3, 0.4) is 0 Å². The molecule has 0 aliphatic heterocycles. The summed E-state index contributed by atoms with van der Waals surface area (Å²) in [4.78, 5) is 4.70. The van der Waals surface area contributed by atoms with E-state index in [1.807, 2.05) is 60.7 Å². The average Bonchev–Trinajstić information content (AvgIpc) is 3.02. The summed E-state index contributed by atoms with van der Waals surface area (Å²) < 4.78 is 7.16. The molecule has 0 amide bonds. The van der Waals surface area contributed by atoms with E-state index in [2.05, 4.69) is 6.07 Å². The van der Waals surface area contributed by atoms with Crippen molar-refractivity contribution in [3.8, 4) is 22.1 Å². The van der Waals surface area contributed by atoms with E-state index in [9.17, 15) is 0 Å². The van der Waals surface area contributed by atoms with Crippen molar-refractivity contribution in [3.63, 3.8) is 0 Å². The zero-order valence-electron chi connectivity index (χ0n) is 12.8. The van der Waals surface area contributed by atoms with E-state index < -0.39 is 0 Å². The molecule has 3 aromatic carbocycles. The standard InChI is InChI=1S/C19H15N3OS/c20-12-5-8-14(9-6-12)23-17-10-7-13(21)11-15(17)19-22-16-3-1-2-4-18(16)24-19/h1-11H,20-21H2. The van der Waals surface area contributed by atoms with Crippen LogP contribution < -0.4 is 16.2 Å². The number of hydrogen-bond donors (Lipinski definition) is 2. The Labute approximate surface area is 143 Å². The van der Waals surface area contributed by atoms with Gasteiger partial charge in [0.05, 0.1) is 15.8 Å². The molecule has 0 saturated heterocycles. The van der Waals surface area contributed by atoms with Crippen molar-refractivity contribution >= 4 is 32.9 Å². The Hall–Kier alpha value is -3.05. The number of rotatable bonds is 3. The number of hydrogen-bond acceptors (Lipinski definition) is 5. The van der Waals surface area contributed by atoms with Gasteiger partial charge in [0.1, 0.15) is 16.5 Å². The van der Waals surface area contributed by atoms with E-state index >= 15 is 0 Å². The molecule has 118 valence electrons. The third-order valence-electron chi connectivity index (χ3n) is 3.64. The Morgan fingerprint density at radius 1 is 0.833 bits per heavy atom. The molecule has 4 aromatic rings. The van der Waals surface area contributed by atoms with Crippen LogP contribution in [0.25, 0.3) is 20.8 Å². The highest BCUT2D eigenvalue weighted by atomic mass is 32.1. The minimum atomic E-state index is 0.675. The highest BCUT2D eigenvalue weighted by Crippen LogP contribution is 2.38. The zero-order valence-corrected chi connectivity index (χ0v) is 13.6. The maximum Gasteiger partial charge on any atom is 0.137 e. The summed E-state index contributed by atoms with van der Waals surface area (Å²) >= 11 is 1.62. The lowest BCUT2D eigenvalue weighted by Gasteiger charge is -2.10. The maximum atomic E-state index is 6.03. The third-order valence-corrected chi connectivity index (χ3v) is 4.71. The van der Waals surface area contributed by atoms with Gasteiger partial charge >= 0.3 is 0 Å². The number of anilines is 2. The second-order valence-corrected chi connectivity index (χ2v) is 6.44. The number of para-hydroxylation sites is 1. The molecule has 4 rings (SSSR count). The first-order chi connectivity index (χ1) is 11.7. The van der Waals surface area contributed by atoms with Crippen LogP contribution in [0.5, 0.6) is 11.5 Å². The van der Waals surface area contributed by atoms with Crippen LogP contribution in [-0.2, 0) is 0 Å². The van der Waals surface area contributed by atoms with Crippen LogP contribution in [0.1, 0.15) is 0 Å². The smallest absolute Gasteiger partial charge is 0.137 e. The van der Waals surface area contributed by atoms with Gasteiger partial charge in [0.25, 0.3) is 0 Å². The molecule has 5 heteroatoms. The van der Waals surface area contributed by atoms with Gasteiger partial charge in [-0.05, 0) is 54.6 Å². The Kier molecular flexibility index (Phi) is 3.55. The van der Waals surface area contributed by atoms with E-state index in [0.717, 1.165) is 26.5 Å². The molecule has 0 radical (unpaired) electrons. The molecule has 1 aromatic heterocycles. The van der Waals surface area contributed by atoms with Gasteiger partial charge in [-0.3, -0.25) is 0 Å². The van der Waals surface area contributed by atoms with Gasteiger partial charge in [-0.1, -0.05) is 12.1 Å². The molecule has 0 bridgehead atoms. The fourth-order valence-corrected chi connectivity index (χ4v) is 3.44. The summed E-state index contributed by atoms with van der Waals surface area (Å²) in [6.07, 6.45) is 0. The van der Waals surface area contributed by atoms with Gasteiger partial charge in [0.15, 0.2) is 0 Å². The summed E-state index contributed by atoms with van der Waals surface area (Å²) in [6.45, 7) is 0. The van der Waals surface area contributed by atoms with Crippen molar-refractivity contribution in [2.45, 2.75) is 0 Å². The summed E-state index contributed by atoms with van der Waals surface area (Å²) in [7, 11) is 0. The largest absolute Gasteiger partial charge is 0.457 e. The van der Waals surface area contributed by atoms with Gasteiger partial charge in [0.2, 0.25) is 0 Å². The number of nitrogen functional groups attached to an aromatic ring is 2. The van der Waals surface area contributed by atoms with E-state index in [4.69, 9.17) is 21.2 Å². The van der Waals surface area contributed by atoms with Gasteiger partial charge in [0, 0.05) is 11.4 Å². The summed E-state index contributed by atoms with van der Waals surface area (Å²) in [5.74, 6) is 1.43. The Morgan fingerprint density at radius 2 is 1.58 bits per heavy atom. The van der Waals surface area contributed by atoms with Crippen molar-refractivity contribution in [3.05, 3.63) is 66.7 Å². The maximum absolute atomic E-state index is 6.03. The Morgan fingerprint density at radius 3 is 2.38 bits per heavy atom. The fraction of sp³-hybridized carbons (Fsp3) is 0. The van der Waals surface area contributed by atoms with Crippen LogP contribution in [0.15, 0.2) is 66.7 Å². The molecule has 0 saturated carbocycles. The molecular weight excluding hydrogens is 318 g/mol. The first-order valence-electron chi connectivity index (χ1n) is 7.48. The van der Waals surface area contributed by atoms with Crippen molar-refractivity contribution in [1.82, 2.24) is 4.98 Å². The molecule has 0 aliphatic carbocycles. The van der Waals surface area contributed by atoms with Crippen LogP contribution in [-0.4, -0.2) is 4.98 Å². The van der Waals surface area contributed by atoms with Crippen LogP contribution >= 0.6 is 11.3 Å². The van der Waals surface area contributed by atoms with Crippen molar-refractivity contribution in [2.75, 3.05) is 11.5 Å². The molecule has 0 fully saturated rings.